The monoisotopic (exact) mass is 471 g/mol. The van der Waals surface area contributed by atoms with E-state index in [4.69, 9.17) is 4.98 Å². The van der Waals surface area contributed by atoms with Crippen LogP contribution in [0.5, 0.6) is 0 Å². The lowest BCUT2D eigenvalue weighted by Gasteiger charge is -2.18. The summed E-state index contributed by atoms with van der Waals surface area (Å²) in [4.78, 5) is 4.73. The molecule has 0 fully saturated rings. The van der Waals surface area contributed by atoms with Crippen LogP contribution in [0.3, 0.4) is 0 Å². The summed E-state index contributed by atoms with van der Waals surface area (Å²) in [6.45, 7) is 2.04. The first-order valence-electron chi connectivity index (χ1n) is 12.7. The summed E-state index contributed by atoms with van der Waals surface area (Å²) in [5.41, 5.74) is 9.52. The molecule has 0 amide bonds. The average molecular weight is 472 g/mol. The molecule has 1 heteroatoms. The van der Waals surface area contributed by atoms with Gasteiger partial charge in [-0.25, -0.2) is 0 Å². The van der Waals surface area contributed by atoms with E-state index in [9.17, 15) is 0 Å². The molecule has 6 aromatic carbocycles. The Hall–Kier alpha value is -4.75. The molecule has 0 aliphatic heterocycles. The molecule has 37 heavy (non-hydrogen) atoms. The van der Waals surface area contributed by atoms with Gasteiger partial charge >= 0.3 is 0 Å². The molecule has 0 saturated carbocycles. The van der Waals surface area contributed by atoms with Gasteiger partial charge in [-0.05, 0) is 74.0 Å². The van der Waals surface area contributed by atoms with E-state index < -0.39 is 0 Å². The van der Waals surface area contributed by atoms with Gasteiger partial charge in [0.1, 0.15) is 0 Å². The molecule has 0 atom stereocenters. The van der Waals surface area contributed by atoms with Crippen molar-refractivity contribution in [2.45, 2.75) is 6.92 Å². The van der Waals surface area contributed by atoms with Gasteiger partial charge in [-0.1, -0.05) is 121 Å². The molecule has 0 aliphatic rings. The Morgan fingerprint density at radius 2 is 0.865 bits per heavy atom. The van der Waals surface area contributed by atoms with Crippen molar-refractivity contribution in [2.24, 2.45) is 0 Å². The van der Waals surface area contributed by atoms with Crippen LogP contribution in [0.25, 0.3) is 65.8 Å². The highest BCUT2D eigenvalue weighted by Crippen LogP contribution is 2.43. The van der Waals surface area contributed by atoms with Gasteiger partial charge in [0, 0.05) is 11.1 Å². The topological polar surface area (TPSA) is 12.9 Å². The van der Waals surface area contributed by atoms with E-state index in [1.807, 2.05) is 6.92 Å². The second-order valence-corrected chi connectivity index (χ2v) is 9.64. The Balaban J connectivity index is 1.43. The Morgan fingerprint density at radius 1 is 0.405 bits per heavy atom. The molecule has 0 N–H and O–H groups in total. The summed E-state index contributed by atoms with van der Waals surface area (Å²) in [6.07, 6.45) is 0. The highest BCUT2D eigenvalue weighted by atomic mass is 14.7. The summed E-state index contributed by atoms with van der Waals surface area (Å²) in [5, 5.41) is 6.28. The van der Waals surface area contributed by atoms with Crippen molar-refractivity contribution in [3.63, 3.8) is 0 Å². The van der Waals surface area contributed by atoms with Crippen LogP contribution in [0.15, 0.2) is 133 Å². The van der Waals surface area contributed by atoms with Crippen LogP contribution in [0.1, 0.15) is 5.69 Å². The number of benzene rings is 6. The lowest BCUT2D eigenvalue weighted by atomic mass is 9.86. The lowest BCUT2D eigenvalue weighted by Crippen LogP contribution is -1.90. The molecule has 0 unspecified atom stereocenters. The van der Waals surface area contributed by atoms with Crippen LogP contribution in [0.2, 0.25) is 0 Å². The number of aryl methyl sites for hydroxylation is 1. The fourth-order valence-corrected chi connectivity index (χ4v) is 5.58. The van der Waals surface area contributed by atoms with Gasteiger partial charge in [0.25, 0.3) is 0 Å². The van der Waals surface area contributed by atoms with Crippen LogP contribution in [-0.4, -0.2) is 4.98 Å². The van der Waals surface area contributed by atoms with E-state index in [1.54, 1.807) is 0 Å². The molecule has 174 valence electrons. The highest BCUT2D eigenvalue weighted by Gasteiger charge is 2.16. The number of aromatic nitrogens is 1. The van der Waals surface area contributed by atoms with E-state index in [1.165, 1.54) is 60.3 Å². The molecule has 0 aliphatic carbocycles. The van der Waals surface area contributed by atoms with Gasteiger partial charge in [-0.2, -0.15) is 0 Å². The zero-order valence-corrected chi connectivity index (χ0v) is 20.6. The van der Waals surface area contributed by atoms with E-state index in [0.29, 0.717) is 0 Å². The van der Waals surface area contributed by atoms with Crippen LogP contribution in [0, 0.1) is 6.92 Å². The molecule has 1 heterocycles. The summed E-state index contributed by atoms with van der Waals surface area (Å²) in [5.74, 6) is 0. The van der Waals surface area contributed by atoms with Crippen molar-refractivity contribution < 1.29 is 0 Å². The Morgan fingerprint density at radius 3 is 1.46 bits per heavy atom. The quantitative estimate of drug-likeness (QED) is 0.234. The van der Waals surface area contributed by atoms with Gasteiger partial charge < -0.3 is 0 Å². The first-order chi connectivity index (χ1) is 18.3. The van der Waals surface area contributed by atoms with Crippen LogP contribution in [-0.2, 0) is 0 Å². The zero-order valence-electron chi connectivity index (χ0n) is 20.6. The smallest absolute Gasteiger partial charge is 0.0711 e. The van der Waals surface area contributed by atoms with Gasteiger partial charge in [0.15, 0.2) is 0 Å². The Labute approximate surface area is 216 Å². The van der Waals surface area contributed by atoms with Crippen molar-refractivity contribution >= 4 is 32.4 Å². The van der Waals surface area contributed by atoms with Crippen molar-refractivity contribution in [2.75, 3.05) is 0 Å². The SMILES string of the molecule is Cc1ccc2ccc(-c3ccc(-c4c5ccccc5c(-c5ccccc5)c5ccccc45)cc3)cc2n1. The number of hydrogen-bond donors (Lipinski definition) is 0. The van der Waals surface area contributed by atoms with Crippen molar-refractivity contribution in [3.8, 4) is 33.4 Å². The second-order valence-electron chi connectivity index (χ2n) is 9.64. The molecule has 0 radical (unpaired) electrons. The standard InChI is InChI=1S/C36H25N/c1-24-15-16-26-19-22-29(23-34(26)37-24)25-17-20-28(21-18-25)36-32-13-7-5-11-30(32)35(27-9-3-2-4-10-27)31-12-6-8-14-33(31)36/h2-23H,1H3. The lowest BCUT2D eigenvalue weighted by molar-refractivity contribution is 1.26. The maximum Gasteiger partial charge on any atom is 0.0711 e. The summed E-state index contributed by atoms with van der Waals surface area (Å²) in [7, 11) is 0. The minimum Gasteiger partial charge on any atom is -0.253 e. The third-order valence-electron chi connectivity index (χ3n) is 7.33. The minimum atomic E-state index is 1.04. The molecule has 0 spiro atoms. The minimum absolute atomic E-state index is 1.04. The molecule has 0 saturated heterocycles. The Kier molecular flexibility index (Phi) is 5.08. The maximum absolute atomic E-state index is 4.73. The van der Waals surface area contributed by atoms with Crippen LogP contribution >= 0.6 is 0 Å². The predicted molar refractivity (Wildman–Crippen MR) is 158 cm³/mol. The van der Waals surface area contributed by atoms with Gasteiger partial charge in [-0.3, -0.25) is 4.98 Å². The van der Waals surface area contributed by atoms with Crippen molar-refractivity contribution in [1.29, 1.82) is 0 Å². The van der Waals surface area contributed by atoms with Gasteiger partial charge in [-0.15, -0.1) is 0 Å². The third-order valence-corrected chi connectivity index (χ3v) is 7.33. The number of rotatable bonds is 3. The van der Waals surface area contributed by atoms with E-state index in [2.05, 4.69) is 133 Å². The fourth-order valence-electron chi connectivity index (χ4n) is 5.58. The van der Waals surface area contributed by atoms with Crippen LogP contribution < -0.4 is 0 Å². The van der Waals surface area contributed by atoms with Crippen molar-refractivity contribution in [1.82, 2.24) is 4.98 Å². The predicted octanol–water partition coefficient (Wildman–Crippen LogP) is 9.85. The first kappa shape index (κ1) is 21.5. The molecule has 7 aromatic rings. The average Bonchev–Trinajstić information content (AvgIpc) is 2.96. The number of nitrogens with zero attached hydrogens (tertiary/aromatic N) is 1. The van der Waals surface area contributed by atoms with Crippen LogP contribution in [0.4, 0.5) is 0 Å². The number of fused-ring (bicyclic) bond motifs is 3. The third kappa shape index (κ3) is 3.68. The second kappa shape index (κ2) is 8.72. The van der Waals surface area contributed by atoms with E-state index >= 15 is 0 Å². The summed E-state index contributed by atoms with van der Waals surface area (Å²) in [6, 6.07) is 48.1. The summed E-state index contributed by atoms with van der Waals surface area (Å²) < 4.78 is 0. The largest absolute Gasteiger partial charge is 0.253 e. The molecule has 0 bridgehead atoms. The number of hydrogen-bond acceptors (Lipinski definition) is 1. The molecular formula is C36H25N. The molecule has 7 rings (SSSR count). The maximum atomic E-state index is 4.73. The number of pyridine rings is 1. The van der Waals surface area contributed by atoms with E-state index in [0.717, 1.165) is 11.2 Å². The first-order valence-corrected chi connectivity index (χ1v) is 12.7. The Bertz CT molecular complexity index is 1860. The van der Waals surface area contributed by atoms with Gasteiger partial charge in [0.05, 0.1) is 5.52 Å². The van der Waals surface area contributed by atoms with Crippen molar-refractivity contribution in [3.05, 3.63) is 139 Å². The normalized spacial score (nSPS) is 11.4. The van der Waals surface area contributed by atoms with Gasteiger partial charge in [0.2, 0.25) is 0 Å². The summed E-state index contributed by atoms with van der Waals surface area (Å²) >= 11 is 0. The molecule has 1 nitrogen and oxygen atoms in total. The zero-order chi connectivity index (χ0) is 24.8. The van der Waals surface area contributed by atoms with E-state index in [-0.39, 0.29) is 0 Å². The molecule has 1 aromatic heterocycles. The molecular weight excluding hydrogens is 446 g/mol. The highest BCUT2D eigenvalue weighted by molar-refractivity contribution is 6.21. The fraction of sp³-hybridized carbons (Fsp3) is 0.0278.